The fourth-order valence-corrected chi connectivity index (χ4v) is 3.92. The molecule has 1 aliphatic heterocycles. The molecule has 1 fully saturated rings. The highest BCUT2D eigenvalue weighted by Gasteiger charge is 2.42. The van der Waals surface area contributed by atoms with E-state index < -0.39 is 17.4 Å². The Morgan fingerprint density at radius 1 is 0.867 bits per heavy atom. The number of aromatic hydroxyl groups is 1. The molecule has 164 valence electrons. The van der Waals surface area contributed by atoms with Gasteiger partial charge in [-0.1, -0.05) is 41.5 Å². The largest absolute Gasteiger partial charge is 0.507 e. The summed E-state index contributed by atoms with van der Waals surface area (Å²) in [5, 5.41) is 11.1. The third-order valence-electron chi connectivity index (χ3n) is 5.18. The van der Waals surface area contributed by atoms with Crippen LogP contribution in [0.3, 0.4) is 0 Å². The zero-order valence-corrected chi connectivity index (χ0v) is 20.6. The zero-order chi connectivity index (χ0) is 23.4. The molecule has 0 atom stereocenters. The molecule has 6 heteroatoms. The first-order chi connectivity index (χ1) is 13.4. The lowest BCUT2D eigenvalue weighted by Crippen LogP contribution is -2.60. The number of hydrogen-bond donors (Lipinski definition) is 1. The minimum atomic E-state index is -0.565. The van der Waals surface area contributed by atoms with E-state index in [4.69, 9.17) is 12.2 Å². The zero-order valence-electron chi connectivity index (χ0n) is 19.8. The Morgan fingerprint density at radius 3 is 1.67 bits per heavy atom. The Hall–Kier alpha value is -2.21. The van der Waals surface area contributed by atoms with Crippen molar-refractivity contribution in [1.29, 1.82) is 0 Å². The van der Waals surface area contributed by atoms with Crippen molar-refractivity contribution >= 4 is 35.2 Å². The Morgan fingerprint density at radius 2 is 1.30 bits per heavy atom. The van der Waals surface area contributed by atoms with Gasteiger partial charge in [-0.3, -0.25) is 19.4 Å². The summed E-state index contributed by atoms with van der Waals surface area (Å²) in [7, 11) is 1.58. The first-order valence-corrected chi connectivity index (χ1v) is 10.5. The van der Waals surface area contributed by atoms with E-state index in [-0.39, 0.29) is 27.3 Å². The first kappa shape index (κ1) is 24.1. The number of benzene rings is 1. The second-order valence-electron chi connectivity index (χ2n) is 11.0. The SMILES string of the molecule is CN1C(=O)/C(=C\c2cc(C(C)(C)C)c(O)c(C(C)(C)C)c2)C(=O)N(C(C)(C)C)C1=S. The monoisotopic (exact) mass is 430 g/mol. The number of thiocarbonyl (C=S) groups is 1. The molecule has 1 N–H and O–H groups in total. The smallest absolute Gasteiger partial charge is 0.266 e. The van der Waals surface area contributed by atoms with E-state index in [1.54, 1.807) is 13.1 Å². The van der Waals surface area contributed by atoms with Gasteiger partial charge in [0.1, 0.15) is 11.3 Å². The number of nitrogens with zero attached hydrogens (tertiary/aromatic N) is 2. The van der Waals surface area contributed by atoms with E-state index in [1.165, 1.54) is 9.80 Å². The van der Waals surface area contributed by atoms with E-state index in [9.17, 15) is 14.7 Å². The number of carbonyl (C=O) groups is 2. The lowest BCUT2D eigenvalue weighted by atomic mass is 9.78. The molecule has 2 amide bonds. The average Bonchev–Trinajstić information content (AvgIpc) is 2.54. The lowest BCUT2D eigenvalue weighted by molar-refractivity contribution is -0.135. The summed E-state index contributed by atoms with van der Waals surface area (Å²) in [6.45, 7) is 17.8. The van der Waals surface area contributed by atoms with Crippen molar-refractivity contribution in [1.82, 2.24) is 9.80 Å². The van der Waals surface area contributed by atoms with Crippen LogP contribution in [0.2, 0.25) is 0 Å². The second kappa shape index (κ2) is 7.49. The summed E-state index contributed by atoms with van der Waals surface area (Å²) in [4.78, 5) is 29.0. The predicted molar refractivity (Wildman–Crippen MR) is 125 cm³/mol. The summed E-state index contributed by atoms with van der Waals surface area (Å²) in [5.41, 5.74) is 1.12. The molecule has 0 saturated carbocycles. The van der Waals surface area contributed by atoms with Crippen molar-refractivity contribution in [3.05, 3.63) is 34.4 Å². The van der Waals surface area contributed by atoms with Crippen molar-refractivity contribution in [2.75, 3.05) is 7.05 Å². The Bertz CT molecular complexity index is 906. The highest BCUT2D eigenvalue weighted by molar-refractivity contribution is 7.80. The molecular weight excluding hydrogens is 396 g/mol. The van der Waals surface area contributed by atoms with Gasteiger partial charge in [-0.15, -0.1) is 0 Å². The molecule has 1 aromatic carbocycles. The van der Waals surface area contributed by atoms with Gasteiger partial charge in [0.25, 0.3) is 11.8 Å². The van der Waals surface area contributed by atoms with Gasteiger partial charge in [0.2, 0.25) is 0 Å². The van der Waals surface area contributed by atoms with Crippen molar-refractivity contribution in [2.45, 2.75) is 78.7 Å². The molecule has 0 unspecified atom stereocenters. The van der Waals surface area contributed by atoms with Crippen molar-refractivity contribution in [3.63, 3.8) is 0 Å². The third kappa shape index (κ3) is 4.43. The molecule has 30 heavy (non-hydrogen) atoms. The maximum atomic E-state index is 13.2. The van der Waals surface area contributed by atoms with Gasteiger partial charge in [0, 0.05) is 23.7 Å². The molecule has 0 radical (unpaired) electrons. The molecule has 0 spiro atoms. The van der Waals surface area contributed by atoms with Gasteiger partial charge >= 0.3 is 0 Å². The quantitative estimate of drug-likeness (QED) is 0.397. The molecule has 0 bridgehead atoms. The fourth-order valence-electron chi connectivity index (χ4n) is 3.48. The van der Waals surface area contributed by atoms with Crippen LogP contribution in [-0.2, 0) is 20.4 Å². The van der Waals surface area contributed by atoms with Crippen molar-refractivity contribution in [3.8, 4) is 5.75 Å². The van der Waals surface area contributed by atoms with Crippen LogP contribution >= 0.6 is 12.2 Å². The van der Waals surface area contributed by atoms with Crippen LogP contribution in [0, 0.1) is 0 Å². The lowest BCUT2D eigenvalue weighted by Gasteiger charge is -2.42. The highest BCUT2D eigenvalue weighted by Crippen LogP contribution is 2.40. The first-order valence-electron chi connectivity index (χ1n) is 10.1. The Kier molecular flexibility index (Phi) is 6.00. The van der Waals surface area contributed by atoms with E-state index in [2.05, 4.69) is 0 Å². The summed E-state index contributed by atoms with van der Waals surface area (Å²) in [6.07, 6.45) is 1.62. The minimum Gasteiger partial charge on any atom is -0.507 e. The van der Waals surface area contributed by atoms with Crippen LogP contribution in [0.1, 0.15) is 79.0 Å². The van der Waals surface area contributed by atoms with Crippen molar-refractivity contribution < 1.29 is 14.7 Å². The number of carbonyl (C=O) groups excluding carboxylic acids is 2. The molecule has 1 heterocycles. The maximum absolute atomic E-state index is 13.2. The van der Waals surface area contributed by atoms with Gasteiger partial charge in [0.05, 0.1) is 0 Å². The van der Waals surface area contributed by atoms with Crippen LogP contribution in [0.5, 0.6) is 5.75 Å². The maximum Gasteiger partial charge on any atom is 0.266 e. The van der Waals surface area contributed by atoms with Crippen LogP contribution in [0.25, 0.3) is 6.08 Å². The van der Waals surface area contributed by atoms with Crippen molar-refractivity contribution in [2.24, 2.45) is 0 Å². The summed E-state index contributed by atoms with van der Waals surface area (Å²) in [6, 6.07) is 3.71. The van der Waals surface area contributed by atoms with Gasteiger partial charge in [-0.25, -0.2) is 0 Å². The van der Waals surface area contributed by atoms with E-state index in [0.29, 0.717) is 5.56 Å². The second-order valence-corrected chi connectivity index (χ2v) is 11.3. The topological polar surface area (TPSA) is 60.9 Å². The van der Waals surface area contributed by atoms with E-state index in [0.717, 1.165) is 11.1 Å². The molecule has 5 nitrogen and oxygen atoms in total. The summed E-state index contributed by atoms with van der Waals surface area (Å²) < 4.78 is 0. The molecule has 1 saturated heterocycles. The number of likely N-dealkylation sites (N-methyl/N-ethyl adjacent to an activating group) is 1. The normalized spacial score (nSPS) is 17.9. The van der Waals surface area contributed by atoms with Gasteiger partial charge in [-0.2, -0.15) is 0 Å². The number of phenols is 1. The van der Waals surface area contributed by atoms with Gasteiger partial charge in [0.15, 0.2) is 5.11 Å². The molecule has 0 aliphatic carbocycles. The predicted octanol–water partition coefficient (Wildman–Crippen LogP) is 4.75. The molecular formula is C24H34N2O3S. The van der Waals surface area contributed by atoms with E-state index >= 15 is 0 Å². The standard InChI is InChI=1S/C24H34N2O3S/c1-22(2,3)16-12-14(13-17(18(16)27)23(4,5)6)11-15-19(28)25(10)21(30)26(20(15)29)24(7,8)9/h11-13,27H,1-10H3/b15-11+. The van der Waals surface area contributed by atoms with Crippen LogP contribution < -0.4 is 0 Å². The number of phenolic OH excluding ortho intramolecular Hbond substituents is 1. The van der Waals surface area contributed by atoms with Crippen LogP contribution in [-0.4, -0.2) is 44.4 Å². The summed E-state index contributed by atoms with van der Waals surface area (Å²) in [5.74, 6) is -0.570. The molecule has 1 aliphatic rings. The molecule has 2 rings (SSSR count). The highest BCUT2D eigenvalue weighted by atomic mass is 32.1. The fraction of sp³-hybridized carbons (Fsp3) is 0.542. The van der Waals surface area contributed by atoms with Crippen LogP contribution in [0.4, 0.5) is 0 Å². The number of hydrogen-bond acceptors (Lipinski definition) is 4. The van der Waals surface area contributed by atoms with E-state index in [1.807, 2.05) is 74.4 Å². The third-order valence-corrected chi connectivity index (χ3v) is 5.63. The van der Waals surface area contributed by atoms with Gasteiger partial charge < -0.3 is 5.11 Å². The van der Waals surface area contributed by atoms with Gasteiger partial charge in [-0.05, 0) is 67.6 Å². The Balaban J connectivity index is 2.76. The van der Waals surface area contributed by atoms with Crippen LogP contribution in [0.15, 0.2) is 17.7 Å². The minimum absolute atomic E-state index is 0.0615. The number of amides is 2. The molecule has 0 aromatic heterocycles. The Labute approximate surface area is 185 Å². The average molecular weight is 431 g/mol. The molecule has 1 aromatic rings. The number of rotatable bonds is 1. The summed E-state index contributed by atoms with van der Waals surface area (Å²) >= 11 is 5.38.